The Hall–Kier alpha value is -4.27. The van der Waals surface area contributed by atoms with Gasteiger partial charge in [0, 0.05) is 46.7 Å². The molecule has 172 valence electrons. The molecule has 0 unspecified atom stereocenters. The molecule has 0 aliphatic carbocycles. The van der Waals surface area contributed by atoms with Gasteiger partial charge in [-0.2, -0.15) is 0 Å². The van der Waals surface area contributed by atoms with E-state index in [1.165, 1.54) is 37.3 Å². The second kappa shape index (κ2) is 8.01. The summed E-state index contributed by atoms with van der Waals surface area (Å²) < 4.78 is 5.97. The van der Waals surface area contributed by atoms with Crippen LogP contribution in [0.3, 0.4) is 0 Å². The molecule has 33 heavy (non-hydrogen) atoms. The van der Waals surface area contributed by atoms with E-state index in [0.29, 0.717) is 5.56 Å². The van der Waals surface area contributed by atoms with Crippen LogP contribution in [-0.2, 0) is 6.42 Å². The zero-order chi connectivity index (χ0) is 24.0. The van der Waals surface area contributed by atoms with Gasteiger partial charge in [-0.3, -0.25) is 4.79 Å². The molecule has 0 bridgehead atoms. The quantitative estimate of drug-likeness (QED) is 0.230. The van der Waals surface area contributed by atoms with Gasteiger partial charge in [0.05, 0.1) is 0 Å². The summed E-state index contributed by atoms with van der Waals surface area (Å²) in [6, 6.07) is 7.32. The highest BCUT2D eigenvalue weighted by molar-refractivity contribution is 5.97. The molecule has 1 aliphatic rings. The molecular formula is C24H22O9. The topological polar surface area (TPSA) is 168 Å². The van der Waals surface area contributed by atoms with E-state index in [0.717, 1.165) is 6.07 Å². The van der Waals surface area contributed by atoms with E-state index in [1.807, 2.05) is 0 Å². The largest absolute Gasteiger partial charge is 0.508 e. The van der Waals surface area contributed by atoms with Crippen LogP contribution in [0.2, 0.25) is 0 Å². The number of hydrogen-bond acceptors (Lipinski definition) is 9. The van der Waals surface area contributed by atoms with E-state index in [4.69, 9.17) is 4.74 Å². The summed E-state index contributed by atoms with van der Waals surface area (Å²) in [5.41, 5.74) is 0.929. The van der Waals surface area contributed by atoms with E-state index in [1.54, 1.807) is 0 Å². The minimum atomic E-state index is -0.910. The normalized spacial score (nSPS) is 17.2. The van der Waals surface area contributed by atoms with Gasteiger partial charge in [-0.05, 0) is 37.6 Å². The molecule has 0 amide bonds. The number of ketones is 1. The predicted molar refractivity (Wildman–Crippen MR) is 115 cm³/mol. The summed E-state index contributed by atoms with van der Waals surface area (Å²) in [7, 11) is 0. The van der Waals surface area contributed by atoms with Crippen molar-refractivity contribution in [3.63, 3.8) is 0 Å². The first-order chi connectivity index (χ1) is 15.5. The monoisotopic (exact) mass is 454 g/mol. The van der Waals surface area contributed by atoms with Crippen molar-refractivity contribution in [2.24, 2.45) is 5.92 Å². The van der Waals surface area contributed by atoms with Crippen LogP contribution >= 0.6 is 0 Å². The van der Waals surface area contributed by atoms with Gasteiger partial charge in [-0.25, -0.2) is 0 Å². The molecule has 0 spiro atoms. The maximum absolute atomic E-state index is 13.0. The molecule has 0 fully saturated rings. The van der Waals surface area contributed by atoms with Crippen LogP contribution in [0.5, 0.6) is 46.0 Å². The van der Waals surface area contributed by atoms with Gasteiger partial charge < -0.3 is 40.5 Å². The van der Waals surface area contributed by atoms with Crippen LogP contribution in [0, 0.1) is 12.8 Å². The van der Waals surface area contributed by atoms with E-state index < -0.39 is 35.1 Å². The van der Waals surface area contributed by atoms with E-state index >= 15 is 0 Å². The molecule has 4 rings (SSSR count). The number of benzene rings is 3. The van der Waals surface area contributed by atoms with Crippen molar-refractivity contribution in [2.45, 2.75) is 25.9 Å². The van der Waals surface area contributed by atoms with E-state index in [-0.39, 0.29) is 58.3 Å². The van der Waals surface area contributed by atoms with Gasteiger partial charge in [0.1, 0.15) is 34.9 Å². The number of Topliss-reactive ketones (excluding diaryl/α,β-unsaturated/α-hetero) is 1. The summed E-state index contributed by atoms with van der Waals surface area (Å²) in [6.07, 6.45) is -0.911. The minimum Gasteiger partial charge on any atom is -0.508 e. The standard InChI is InChI=1S/C24H22O9/c1-10-16(26)3-11(4-17(10)27)18(28)5-12-2-15-19(29)8-14(25)9-22(15)33-24(12)13-6-20(30)23(32)21(31)7-13/h3-4,6-9,12,24-27,29-32H,2,5H2,1H3/t12-,24-/m0/s1. The molecule has 0 radical (unpaired) electrons. The fourth-order valence-electron chi connectivity index (χ4n) is 4.04. The van der Waals surface area contributed by atoms with Crippen molar-refractivity contribution in [2.75, 3.05) is 0 Å². The van der Waals surface area contributed by atoms with Crippen molar-refractivity contribution >= 4 is 5.78 Å². The summed E-state index contributed by atoms with van der Waals surface area (Å²) >= 11 is 0. The van der Waals surface area contributed by atoms with Crippen LogP contribution < -0.4 is 4.74 Å². The number of aromatic hydroxyl groups is 7. The lowest BCUT2D eigenvalue weighted by Crippen LogP contribution is -2.28. The first-order valence-corrected chi connectivity index (χ1v) is 10.1. The fraction of sp³-hybridized carbons (Fsp3) is 0.208. The van der Waals surface area contributed by atoms with Crippen LogP contribution in [0.25, 0.3) is 0 Å². The SMILES string of the molecule is Cc1c(O)cc(C(=O)C[C@@H]2Cc3c(O)cc(O)cc3O[C@@H]2c2cc(O)c(O)c(O)c2)cc1O. The van der Waals surface area contributed by atoms with Crippen molar-refractivity contribution in [3.05, 3.63) is 58.7 Å². The van der Waals surface area contributed by atoms with E-state index in [9.17, 15) is 40.5 Å². The first-order valence-electron chi connectivity index (χ1n) is 10.1. The third-order valence-corrected chi connectivity index (χ3v) is 5.86. The molecule has 0 saturated carbocycles. The molecule has 2 atom stereocenters. The van der Waals surface area contributed by atoms with Gasteiger partial charge in [-0.1, -0.05) is 0 Å². The highest BCUT2D eigenvalue weighted by Crippen LogP contribution is 2.48. The summed E-state index contributed by atoms with van der Waals surface area (Å²) in [5.74, 6) is -3.68. The number of ether oxygens (including phenoxy) is 1. The molecule has 3 aromatic rings. The second-order valence-electron chi connectivity index (χ2n) is 8.12. The van der Waals surface area contributed by atoms with Crippen LogP contribution in [0.4, 0.5) is 0 Å². The van der Waals surface area contributed by atoms with Gasteiger partial charge in [0.2, 0.25) is 0 Å². The number of phenolic OH excluding ortho intramolecular Hbond substituents is 7. The van der Waals surface area contributed by atoms with Crippen molar-refractivity contribution in [1.82, 2.24) is 0 Å². The van der Waals surface area contributed by atoms with Gasteiger partial charge in [-0.15, -0.1) is 0 Å². The Morgan fingerprint density at radius 3 is 2.06 bits per heavy atom. The van der Waals surface area contributed by atoms with Crippen LogP contribution in [-0.4, -0.2) is 41.5 Å². The molecular weight excluding hydrogens is 432 g/mol. The molecule has 3 aromatic carbocycles. The number of phenols is 7. The number of carbonyl (C=O) groups is 1. The lowest BCUT2D eigenvalue weighted by molar-refractivity contribution is 0.0796. The fourth-order valence-corrected chi connectivity index (χ4v) is 4.04. The molecule has 0 aromatic heterocycles. The van der Waals surface area contributed by atoms with Crippen molar-refractivity contribution in [1.29, 1.82) is 0 Å². The number of carbonyl (C=O) groups excluding carboxylic acids is 1. The minimum absolute atomic E-state index is 0.0754. The Morgan fingerprint density at radius 1 is 0.848 bits per heavy atom. The van der Waals surface area contributed by atoms with Crippen molar-refractivity contribution < 1.29 is 45.3 Å². The highest BCUT2D eigenvalue weighted by atomic mass is 16.5. The molecule has 1 aliphatic heterocycles. The zero-order valence-electron chi connectivity index (χ0n) is 17.5. The molecule has 7 N–H and O–H groups in total. The molecule has 0 saturated heterocycles. The van der Waals surface area contributed by atoms with Gasteiger partial charge in [0.25, 0.3) is 0 Å². The summed E-state index contributed by atoms with van der Waals surface area (Å²) in [6.45, 7) is 1.50. The average molecular weight is 454 g/mol. The maximum atomic E-state index is 13.0. The highest BCUT2D eigenvalue weighted by Gasteiger charge is 2.36. The molecule has 1 heterocycles. The molecule has 9 heteroatoms. The Bertz CT molecular complexity index is 1220. The third kappa shape index (κ3) is 4.00. The second-order valence-corrected chi connectivity index (χ2v) is 8.12. The average Bonchev–Trinajstić information content (AvgIpc) is 2.75. The molecule has 9 nitrogen and oxygen atoms in total. The van der Waals surface area contributed by atoms with Crippen molar-refractivity contribution in [3.8, 4) is 46.0 Å². The van der Waals surface area contributed by atoms with Gasteiger partial charge >= 0.3 is 0 Å². The smallest absolute Gasteiger partial charge is 0.200 e. The van der Waals surface area contributed by atoms with Crippen LogP contribution in [0.15, 0.2) is 36.4 Å². The Kier molecular flexibility index (Phi) is 5.33. The predicted octanol–water partition coefficient (Wildman–Crippen LogP) is 3.50. The Morgan fingerprint density at radius 2 is 1.45 bits per heavy atom. The van der Waals surface area contributed by atoms with Crippen LogP contribution in [0.1, 0.15) is 39.6 Å². The lowest BCUT2D eigenvalue weighted by Gasteiger charge is -2.34. The number of rotatable bonds is 4. The number of fused-ring (bicyclic) bond motifs is 1. The maximum Gasteiger partial charge on any atom is 0.200 e. The Balaban J connectivity index is 1.75. The first kappa shape index (κ1) is 21.9. The zero-order valence-corrected chi connectivity index (χ0v) is 17.5. The number of hydrogen-bond donors (Lipinski definition) is 7. The third-order valence-electron chi connectivity index (χ3n) is 5.86. The van der Waals surface area contributed by atoms with Gasteiger partial charge in [0.15, 0.2) is 23.0 Å². The lowest BCUT2D eigenvalue weighted by atomic mass is 9.82. The Labute approximate surface area is 188 Å². The summed E-state index contributed by atoms with van der Waals surface area (Å²) in [5, 5.41) is 69.7. The summed E-state index contributed by atoms with van der Waals surface area (Å²) in [4.78, 5) is 13.0. The van der Waals surface area contributed by atoms with E-state index in [2.05, 4.69) is 0 Å².